The molecule has 2 heterocycles. The fourth-order valence-electron chi connectivity index (χ4n) is 4.37. The van der Waals surface area contributed by atoms with Gasteiger partial charge in [-0.05, 0) is 54.8 Å². The number of aromatic hydroxyl groups is 1. The lowest BCUT2D eigenvalue weighted by Crippen LogP contribution is -2.35. The second-order valence-electron chi connectivity index (χ2n) is 6.65. The first-order valence-corrected chi connectivity index (χ1v) is 8.24. The van der Waals surface area contributed by atoms with Gasteiger partial charge in [0, 0.05) is 23.7 Å². The lowest BCUT2D eigenvalue weighted by molar-refractivity contribution is 0.174. The van der Waals surface area contributed by atoms with Gasteiger partial charge in [-0.25, -0.2) is 0 Å². The normalized spacial score (nSPS) is 20.5. The average Bonchev–Trinajstić information content (AvgIpc) is 3.05. The Bertz CT molecular complexity index is 861. The van der Waals surface area contributed by atoms with Gasteiger partial charge in [-0.2, -0.15) is 0 Å². The van der Waals surface area contributed by atoms with Crippen LogP contribution in [0.1, 0.15) is 22.7 Å². The molecule has 24 heavy (non-hydrogen) atoms. The molecular weight excluding hydrogens is 306 g/mol. The van der Waals surface area contributed by atoms with Crippen molar-refractivity contribution in [3.05, 3.63) is 34.9 Å². The molecule has 1 aliphatic carbocycles. The van der Waals surface area contributed by atoms with Gasteiger partial charge in [-0.1, -0.05) is 0 Å². The van der Waals surface area contributed by atoms with Gasteiger partial charge in [0.05, 0.1) is 7.11 Å². The van der Waals surface area contributed by atoms with Gasteiger partial charge in [-0.15, -0.1) is 0 Å². The van der Waals surface area contributed by atoms with Crippen LogP contribution in [-0.4, -0.2) is 37.5 Å². The Kier molecular flexibility index (Phi) is 2.80. The highest BCUT2D eigenvalue weighted by atomic mass is 16.7. The maximum atomic E-state index is 10.2. The first kappa shape index (κ1) is 14.0. The van der Waals surface area contributed by atoms with E-state index in [1.54, 1.807) is 13.2 Å². The number of hydrogen-bond acceptors (Lipinski definition) is 5. The third-order valence-electron chi connectivity index (χ3n) is 5.50. The first-order valence-electron chi connectivity index (χ1n) is 8.24. The molecule has 0 radical (unpaired) electrons. The molecule has 1 N–H and O–H groups in total. The summed E-state index contributed by atoms with van der Waals surface area (Å²) in [6, 6.07) is 6.08. The molecule has 0 aromatic heterocycles. The van der Waals surface area contributed by atoms with Gasteiger partial charge in [0.15, 0.2) is 23.0 Å². The molecule has 124 valence electrons. The molecule has 2 aromatic carbocycles. The van der Waals surface area contributed by atoms with Crippen molar-refractivity contribution >= 4 is 0 Å². The second kappa shape index (κ2) is 4.80. The summed E-state index contributed by atoms with van der Waals surface area (Å²) in [7, 11) is 3.76. The fourth-order valence-corrected chi connectivity index (χ4v) is 4.37. The molecule has 2 aliphatic heterocycles. The lowest BCUT2D eigenvalue weighted by Gasteiger charge is -2.40. The van der Waals surface area contributed by atoms with Gasteiger partial charge in [-0.3, -0.25) is 4.90 Å². The van der Waals surface area contributed by atoms with E-state index in [-0.39, 0.29) is 18.6 Å². The Hall–Kier alpha value is -2.40. The van der Waals surface area contributed by atoms with E-state index >= 15 is 0 Å². The number of nitrogens with zero attached hydrogens (tertiary/aromatic N) is 1. The molecule has 3 aliphatic rings. The van der Waals surface area contributed by atoms with Crippen LogP contribution in [0.25, 0.3) is 11.1 Å². The number of hydrogen-bond donors (Lipinski definition) is 1. The van der Waals surface area contributed by atoms with Crippen molar-refractivity contribution in [1.29, 1.82) is 0 Å². The van der Waals surface area contributed by atoms with E-state index in [0.29, 0.717) is 5.75 Å². The summed E-state index contributed by atoms with van der Waals surface area (Å²) >= 11 is 0. The van der Waals surface area contributed by atoms with E-state index in [9.17, 15) is 5.11 Å². The van der Waals surface area contributed by atoms with Gasteiger partial charge < -0.3 is 19.3 Å². The molecule has 0 fully saturated rings. The standard InChI is InChI=1S/C19H19NO4/c1-20-6-5-10-7-15-19(24-9-23-15)17-11-3-4-14(21)18(22-2)12(11)8-13(20)16(10)17/h3-4,7,13,21H,5-6,8-9H2,1-2H3/t13-/m1/s1. The largest absolute Gasteiger partial charge is 0.504 e. The molecule has 0 unspecified atom stereocenters. The minimum atomic E-state index is 0.183. The summed E-state index contributed by atoms with van der Waals surface area (Å²) in [4.78, 5) is 2.38. The minimum absolute atomic E-state index is 0.183. The lowest BCUT2D eigenvalue weighted by atomic mass is 9.76. The van der Waals surface area contributed by atoms with Gasteiger partial charge in [0.25, 0.3) is 0 Å². The molecule has 5 rings (SSSR count). The van der Waals surface area contributed by atoms with E-state index in [4.69, 9.17) is 14.2 Å². The number of likely N-dealkylation sites (N-methyl/N-ethyl adjacent to an activating group) is 1. The van der Waals surface area contributed by atoms with E-state index in [1.165, 1.54) is 11.1 Å². The van der Waals surface area contributed by atoms with Crippen molar-refractivity contribution in [3.63, 3.8) is 0 Å². The van der Waals surface area contributed by atoms with Crippen molar-refractivity contribution in [3.8, 4) is 34.1 Å². The molecule has 5 nitrogen and oxygen atoms in total. The Morgan fingerprint density at radius 2 is 2.17 bits per heavy atom. The van der Waals surface area contributed by atoms with E-state index in [1.807, 2.05) is 6.07 Å². The predicted molar refractivity (Wildman–Crippen MR) is 89.0 cm³/mol. The zero-order valence-electron chi connectivity index (χ0n) is 13.8. The van der Waals surface area contributed by atoms with Crippen molar-refractivity contribution < 1.29 is 19.3 Å². The summed E-state index contributed by atoms with van der Waals surface area (Å²) in [5.41, 5.74) is 5.91. The summed E-state index contributed by atoms with van der Waals surface area (Å²) in [5.74, 6) is 2.40. The number of ether oxygens (including phenoxy) is 3. The third-order valence-corrected chi connectivity index (χ3v) is 5.50. The topological polar surface area (TPSA) is 51.2 Å². The number of phenolic OH excluding ortho intramolecular Hbond substituents is 1. The summed E-state index contributed by atoms with van der Waals surface area (Å²) in [6.07, 6.45) is 1.83. The smallest absolute Gasteiger partial charge is 0.231 e. The molecule has 0 spiro atoms. The Morgan fingerprint density at radius 3 is 3.00 bits per heavy atom. The highest BCUT2D eigenvalue weighted by molar-refractivity contribution is 5.85. The van der Waals surface area contributed by atoms with E-state index < -0.39 is 0 Å². The first-order chi connectivity index (χ1) is 11.7. The van der Waals surface area contributed by atoms with Crippen molar-refractivity contribution in [2.75, 3.05) is 27.5 Å². The van der Waals surface area contributed by atoms with Crippen LogP contribution in [-0.2, 0) is 12.8 Å². The number of benzene rings is 2. The number of methoxy groups -OCH3 is 1. The van der Waals surface area contributed by atoms with Crippen LogP contribution in [0.5, 0.6) is 23.0 Å². The van der Waals surface area contributed by atoms with Crippen LogP contribution in [0.2, 0.25) is 0 Å². The highest BCUT2D eigenvalue weighted by Gasteiger charge is 2.39. The van der Waals surface area contributed by atoms with Crippen LogP contribution in [0.3, 0.4) is 0 Å². The Labute approximate surface area is 140 Å². The number of rotatable bonds is 1. The summed E-state index contributed by atoms with van der Waals surface area (Å²) in [5, 5.41) is 10.2. The Balaban J connectivity index is 1.88. The van der Waals surface area contributed by atoms with Crippen LogP contribution >= 0.6 is 0 Å². The predicted octanol–water partition coefficient (Wildman–Crippen LogP) is 2.88. The van der Waals surface area contributed by atoms with E-state index in [0.717, 1.165) is 47.6 Å². The third kappa shape index (κ3) is 1.68. The van der Waals surface area contributed by atoms with E-state index in [2.05, 4.69) is 18.0 Å². The van der Waals surface area contributed by atoms with Crippen molar-refractivity contribution in [2.24, 2.45) is 0 Å². The summed E-state index contributed by atoms with van der Waals surface area (Å²) in [6.45, 7) is 1.27. The monoisotopic (exact) mass is 325 g/mol. The van der Waals surface area contributed by atoms with Gasteiger partial charge >= 0.3 is 0 Å². The molecule has 2 aromatic rings. The molecule has 0 saturated heterocycles. The maximum absolute atomic E-state index is 10.2. The SMILES string of the molecule is COc1c(O)ccc2c1C[C@@H]1c3c(cc4c(c3-2)OCO4)CCN1C. The highest BCUT2D eigenvalue weighted by Crippen LogP contribution is 2.55. The molecule has 0 saturated carbocycles. The van der Waals surface area contributed by atoms with Gasteiger partial charge in [0.1, 0.15) is 0 Å². The molecule has 1 atom stereocenters. The zero-order chi connectivity index (χ0) is 16.4. The van der Waals surface area contributed by atoms with Crippen LogP contribution in [0.15, 0.2) is 18.2 Å². The van der Waals surface area contributed by atoms with Crippen molar-refractivity contribution in [2.45, 2.75) is 18.9 Å². The number of fused-ring (bicyclic) bond motifs is 4. The van der Waals surface area contributed by atoms with Crippen LogP contribution in [0.4, 0.5) is 0 Å². The molecule has 0 bridgehead atoms. The van der Waals surface area contributed by atoms with Crippen LogP contribution < -0.4 is 14.2 Å². The van der Waals surface area contributed by atoms with Gasteiger partial charge in [0.2, 0.25) is 6.79 Å². The average molecular weight is 325 g/mol. The number of phenols is 1. The zero-order valence-corrected chi connectivity index (χ0v) is 13.8. The fraction of sp³-hybridized carbons (Fsp3) is 0.368. The summed E-state index contributed by atoms with van der Waals surface area (Å²) < 4.78 is 17.0. The quantitative estimate of drug-likeness (QED) is 0.874. The second-order valence-corrected chi connectivity index (χ2v) is 6.65. The van der Waals surface area contributed by atoms with Crippen molar-refractivity contribution in [1.82, 2.24) is 4.90 Å². The molecule has 0 amide bonds. The van der Waals surface area contributed by atoms with Crippen LogP contribution in [0, 0.1) is 0 Å². The Morgan fingerprint density at radius 1 is 1.29 bits per heavy atom. The molecule has 5 heteroatoms. The minimum Gasteiger partial charge on any atom is -0.504 e. The maximum Gasteiger partial charge on any atom is 0.231 e. The molecular formula is C19H19NO4.